The lowest BCUT2D eigenvalue weighted by Crippen LogP contribution is -2.42. The summed E-state index contributed by atoms with van der Waals surface area (Å²) >= 11 is 6.20. The fourth-order valence-electron chi connectivity index (χ4n) is 3.16. The number of carbonyl (C=O) groups is 1. The van der Waals surface area contributed by atoms with Gasteiger partial charge in [-0.05, 0) is 51.1 Å². The smallest absolute Gasteiger partial charge is 0.416 e. The third kappa shape index (κ3) is 4.88. The second-order valence-corrected chi connectivity index (χ2v) is 8.50. The molecule has 0 radical (unpaired) electrons. The molecule has 0 saturated carbocycles. The lowest BCUT2D eigenvalue weighted by atomic mass is 10.1. The maximum absolute atomic E-state index is 12.9. The third-order valence-corrected chi connectivity index (χ3v) is 4.70. The van der Waals surface area contributed by atoms with Crippen molar-refractivity contribution in [3.05, 3.63) is 59.9 Å². The van der Waals surface area contributed by atoms with E-state index in [1.54, 1.807) is 18.5 Å². The standard InChI is InChI=1S/C23H23ClN4O3/c1-23(2,3)31-22(29)28-11-12-30-20-19(26-17-7-9-25-10-8-17)14-18(27-21(20)28)15-5-4-6-16(24)13-15/h4-10,13-14H,11-12H2,1-3H3,(H,25,26,27). The van der Waals surface area contributed by atoms with Gasteiger partial charge in [0.25, 0.3) is 0 Å². The molecule has 1 N–H and O–H groups in total. The Morgan fingerprint density at radius 3 is 2.68 bits per heavy atom. The molecule has 0 fully saturated rings. The summed E-state index contributed by atoms with van der Waals surface area (Å²) in [5, 5.41) is 3.95. The van der Waals surface area contributed by atoms with Gasteiger partial charge in [0, 0.05) is 28.7 Å². The van der Waals surface area contributed by atoms with Crippen LogP contribution in [0.3, 0.4) is 0 Å². The van der Waals surface area contributed by atoms with E-state index in [9.17, 15) is 4.79 Å². The molecule has 0 bridgehead atoms. The van der Waals surface area contributed by atoms with Crippen molar-refractivity contribution in [3.63, 3.8) is 0 Å². The minimum atomic E-state index is -0.627. The Morgan fingerprint density at radius 2 is 1.97 bits per heavy atom. The average molecular weight is 439 g/mol. The summed E-state index contributed by atoms with van der Waals surface area (Å²) in [6.07, 6.45) is 2.92. The molecule has 1 amide bonds. The van der Waals surface area contributed by atoms with Gasteiger partial charge in [0.1, 0.15) is 12.2 Å². The van der Waals surface area contributed by atoms with Crippen molar-refractivity contribution in [2.45, 2.75) is 26.4 Å². The fourth-order valence-corrected chi connectivity index (χ4v) is 3.35. The van der Waals surface area contributed by atoms with E-state index >= 15 is 0 Å². The Hall–Kier alpha value is -3.32. The van der Waals surface area contributed by atoms with Crippen LogP contribution in [0, 0.1) is 0 Å². The minimum absolute atomic E-state index is 0.329. The van der Waals surface area contributed by atoms with Crippen LogP contribution in [0.1, 0.15) is 20.8 Å². The number of nitrogens with one attached hydrogen (secondary N) is 1. The molecular weight excluding hydrogens is 416 g/mol. The van der Waals surface area contributed by atoms with E-state index in [4.69, 9.17) is 26.1 Å². The van der Waals surface area contributed by atoms with Crippen LogP contribution in [0.25, 0.3) is 11.3 Å². The minimum Gasteiger partial charge on any atom is -0.486 e. The Kier molecular flexibility index (Phi) is 5.69. The molecule has 4 rings (SSSR count). The Morgan fingerprint density at radius 1 is 1.19 bits per heavy atom. The maximum Gasteiger partial charge on any atom is 0.416 e. The van der Waals surface area contributed by atoms with Crippen molar-refractivity contribution < 1.29 is 14.3 Å². The predicted molar refractivity (Wildman–Crippen MR) is 121 cm³/mol. The van der Waals surface area contributed by atoms with Crippen molar-refractivity contribution in [1.29, 1.82) is 0 Å². The highest BCUT2D eigenvalue weighted by Crippen LogP contribution is 2.41. The molecule has 0 spiro atoms. The zero-order chi connectivity index (χ0) is 22.0. The number of halogens is 1. The third-order valence-electron chi connectivity index (χ3n) is 4.47. The number of nitrogens with zero attached hydrogens (tertiary/aromatic N) is 3. The number of rotatable bonds is 3. The van der Waals surface area contributed by atoms with Crippen LogP contribution in [0.5, 0.6) is 5.75 Å². The molecular formula is C23H23ClN4O3. The van der Waals surface area contributed by atoms with E-state index in [1.165, 1.54) is 4.90 Å². The number of benzene rings is 1. The van der Waals surface area contributed by atoms with Crippen LogP contribution in [0.2, 0.25) is 5.02 Å². The number of ether oxygens (including phenoxy) is 2. The molecule has 0 unspecified atom stereocenters. The molecule has 0 atom stereocenters. The van der Waals surface area contributed by atoms with Crippen molar-refractivity contribution in [2.75, 3.05) is 23.4 Å². The SMILES string of the molecule is CC(C)(C)OC(=O)N1CCOc2c(Nc3ccncc3)cc(-c3cccc(Cl)c3)nc21. The molecule has 8 heteroatoms. The quantitative estimate of drug-likeness (QED) is 0.567. The second-order valence-electron chi connectivity index (χ2n) is 8.06. The molecule has 3 heterocycles. The summed E-state index contributed by atoms with van der Waals surface area (Å²) in [7, 11) is 0. The zero-order valence-electron chi connectivity index (χ0n) is 17.6. The van der Waals surface area contributed by atoms with E-state index in [2.05, 4.69) is 10.3 Å². The van der Waals surface area contributed by atoms with Gasteiger partial charge in [-0.15, -0.1) is 0 Å². The first-order chi connectivity index (χ1) is 14.8. The van der Waals surface area contributed by atoms with E-state index in [-0.39, 0.29) is 0 Å². The molecule has 31 heavy (non-hydrogen) atoms. The lowest BCUT2D eigenvalue weighted by molar-refractivity contribution is 0.0566. The van der Waals surface area contributed by atoms with Crippen molar-refractivity contribution in [1.82, 2.24) is 9.97 Å². The number of anilines is 3. The summed E-state index contributed by atoms with van der Waals surface area (Å²) in [5.74, 6) is 0.884. The molecule has 0 aliphatic carbocycles. The van der Waals surface area contributed by atoms with Crippen molar-refractivity contribution in [2.24, 2.45) is 0 Å². The first kappa shape index (κ1) is 20.9. The lowest BCUT2D eigenvalue weighted by Gasteiger charge is -2.32. The molecule has 160 valence electrons. The van der Waals surface area contributed by atoms with E-state index in [0.717, 1.165) is 11.3 Å². The second kappa shape index (κ2) is 8.43. The molecule has 2 aromatic heterocycles. The Bertz CT molecular complexity index is 1100. The molecule has 1 aliphatic rings. The van der Waals surface area contributed by atoms with Crippen LogP contribution in [0.4, 0.5) is 22.0 Å². The van der Waals surface area contributed by atoms with Crippen LogP contribution in [0.15, 0.2) is 54.9 Å². The van der Waals surface area contributed by atoms with E-state index in [1.807, 2.05) is 57.2 Å². The molecule has 7 nitrogen and oxygen atoms in total. The topological polar surface area (TPSA) is 76.6 Å². The highest BCUT2D eigenvalue weighted by Gasteiger charge is 2.32. The highest BCUT2D eigenvalue weighted by molar-refractivity contribution is 6.30. The van der Waals surface area contributed by atoms with Crippen molar-refractivity contribution in [3.8, 4) is 17.0 Å². The van der Waals surface area contributed by atoms with Crippen LogP contribution in [-0.4, -0.2) is 34.8 Å². The number of amides is 1. The number of hydrogen-bond acceptors (Lipinski definition) is 6. The summed E-state index contributed by atoms with van der Waals surface area (Å²) in [4.78, 5) is 23.2. The number of hydrogen-bond donors (Lipinski definition) is 1. The number of fused-ring (bicyclic) bond motifs is 1. The van der Waals surface area contributed by atoms with Crippen molar-refractivity contribution >= 4 is 34.9 Å². The monoisotopic (exact) mass is 438 g/mol. The van der Waals surface area contributed by atoms with Crippen LogP contribution in [-0.2, 0) is 4.74 Å². The molecule has 1 aliphatic heterocycles. The first-order valence-electron chi connectivity index (χ1n) is 9.91. The average Bonchev–Trinajstić information content (AvgIpc) is 2.73. The fraction of sp³-hybridized carbons (Fsp3) is 0.261. The van der Waals surface area contributed by atoms with Gasteiger partial charge in [-0.1, -0.05) is 23.7 Å². The van der Waals surface area contributed by atoms with Gasteiger partial charge in [-0.25, -0.2) is 9.78 Å². The summed E-state index contributed by atoms with van der Waals surface area (Å²) in [6, 6.07) is 13.0. The largest absolute Gasteiger partial charge is 0.486 e. The Labute approximate surface area is 186 Å². The van der Waals surface area contributed by atoms with Gasteiger partial charge in [-0.2, -0.15) is 0 Å². The summed E-state index contributed by atoms with van der Waals surface area (Å²) in [6.45, 7) is 6.16. The van der Waals surface area contributed by atoms with Gasteiger partial charge >= 0.3 is 6.09 Å². The van der Waals surface area contributed by atoms with E-state index < -0.39 is 11.7 Å². The summed E-state index contributed by atoms with van der Waals surface area (Å²) < 4.78 is 11.5. The number of aromatic nitrogens is 2. The summed E-state index contributed by atoms with van der Waals surface area (Å²) in [5.41, 5.74) is 2.36. The zero-order valence-corrected chi connectivity index (χ0v) is 18.3. The van der Waals surface area contributed by atoms with Crippen LogP contribution >= 0.6 is 11.6 Å². The highest BCUT2D eigenvalue weighted by atomic mass is 35.5. The van der Waals surface area contributed by atoms with Gasteiger partial charge in [-0.3, -0.25) is 9.88 Å². The molecule has 1 aromatic carbocycles. The Balaban J connectivity index is 1.82. The molecule has 0 saturated heterocycles. The number of carbonyl (C=O) groups excluding carboxylic acids is 1. The van der Waals surface area contributed by atoms with Gasteiger partial charge in [0.15, 0.2) is 11.6 Å². The normalized spacial score (nSPS) is 13.2. The predicted octanol–water partition coefficient (Wildman–Crippen LogP) is 5.67. The van der Waals surface area contributed by atoms with Gasteiger partial charge in [0.05, 0.1) is 17.9 Å². The van der Waals surface area contributed by atoms with E-state index in [0.29, 0.717) is 41.1 Å². The maximum atomic E-state index is 12.9. The van der Waals surface area contributed by atoms with Gasteiger partial charge < -0.3 is 14.8 Å². The first-order valence-corrected chi connectivity index (χ1v) is 10.3. The van der Waals surface area contributed by atoms with Crippen LogP contribution < -0.4 is 15.0 Å². The molecule has 3 aromatic rings. The van der Waals surface area contributed by atoms with Gasteiger partial charge in [0.2, 0.25) is 0 Å². The number of pyridine rings is 2.